The zero-order chi connectivity index (χ0) is 14.3. The molecule has 0 radical (unpaired) electrons. The number of carbonyl (C=O) groups is 1. The number of carbonyl (C=O) groups excluding carboxylic acids is 1. The number of nitrogens with zero attached hydrogens (tertiary/aromatic N) is 1. The monoisotopic (exact) mass is 265 g/mol. The number of ether oxygens (including phenoxy) is 1. The van der Waals surface area contributed by atoms with Crippen molar-refractivity contribution < 1.29 is 14.6 Å². The van der Waals surface area contributed by atoms with E-state index in [1.807, 2.05) is 12.1 Å². The van der Waals surface area contributed by atoms with E-state index >= 15 is 0 Å². The minimum Gasteiger partial charge on any atom is -0.496 e. The fourth-order valence-corrected chi connectivity index (χ4v) is 1.94. The number of aryl methyl sites for hydroxylation is 1. The fourth-order valence-electron chi connectivity index (χ4n) is 1.94. The second kappa shape index (κ2) is 7.79. The van der Waals surface area contributed by atoms with Gasteiger partial charge in [-0.1, -0.05) is 19.1 Å². The SMILES string of the molecule is CCc1ccc(OC)c(CN(C)C(=O)CCCO)c1. The Bertz CT molecular complexity index is 418. The van der Waals surface area contributed by atoms with Crippen LogP contribution < -0.4 is 4.74 Å². The lowest BCUT2D eigenvalue weighted by molar-refractivity contribution is -0.130. The summed E-state index contributed by atoms with van der Waals surface area (Å²) in [6.45, 7) is 2.68. The van der Waals surface area contributed by atoms with E-state index in [-0.39, 0.29) is 12.5 Å². The van der Waals surface area contributed by atoms with Crippen molar-refractivity contribution in [3.63, 3.8) is 0 Å². The number of benzene rings is 1. The minimum absolute atomic E-state index is 0.0398. The van der Waals surface area contributed by atoms with Gasteiger partial charge in [0.2, 0.25) is 5.91 Å². The molecule has 0 aliphatic rings. The van der Waals surface area contributed by atoms with Crippen LogP contribution in [0.1, 0.15) is 30.9 Å². The molecule has 106 valence electrons. The van der Waals surface area contributed by atoms with Gasteiger partial charge < -0.3 is 14.7 Å². The van der Waals surface area contributed by atoms with Crippen LogP contribution in [0.25, 0.3) is 0 Å². The van der Waals surface area contributed by atoms with Gasteiger partial charge >= 0.3 is 0 Å². The topological polar surface area (TPSA) is 49.8 Å². The first-order chi connectivity index (χ1) is 9.12. The molecule has 1 aromatic rings. The highest BCUT2D eigenvalue weighted by molar-refractivity contribution is 5.75. The van der Waals surface area contributed by atoms with Crippen LogP contribution in [0.3, 0.4) is 0 Å². The molecule has 0 aromatic heterocycles. The molecule has 1 aromatic carbocycles. The van der Waals surface area contributed by atoms with E-state index < -0.39 is 0 Å². The van der Waals surface area contributed by atoms with Crippen LogP contribution >= 0.6 is 0 Å². The summed E-state index contributed by atoms with van der Waals surface area (Å²) >= 11 is 0. The van der Waals surface area contributed by atoms with Gasteiger partial charge in [-0.05, 0) is 24.5 Å². The lowest BCUT2D eigenvalue weighted by Gasteiger charge is -2.19. The number of rotatable bonds is 7. The van der Waals surface area contributed by atoms with Gasteiger partial charge in [-0.2, -0.15) is 0 Å². The van der Waals surface area contributed by atoms with Crippen LogP contribution in [-0.2, 0) is 17.8 Å². The van der Waals surface area contributed by atoms with Gasteiger partial charge in [0, 0.05) is 32.2 Å². The van der Waals surface area contributed by atoms with Crippen LogP contribution in [0.4, 0.5) is 0 Å². The zero-order valence-electron chi connectivity index (χ0n) is 12.0. The molecule has 4 nitrogen and oxygen atoms in total. The van der Waals surface area contributed by atoms with E-state index in [1.165, 1.54) is 5.56 Å². The predicted molar refractivity (Wildman–Crippen MR) is 75.2 cm³/mol. The Hall–Kier alpha value is -1.55. The summed E-state index contributed by atoms with van der Waals surface area (Å²) in [6, 6.07) is 6.06. The third-order valence-electron chi connectivity index (χ3n) is 3.14. The van der Waals surface area contributed by atoms with Gasteiger partial charge in [0.05, 0.1) is 7.11 Å². The molecule has 0 atom stereocenters. The maximum Gasteiger partial charge on any atom is 0.222 e. The highest BCUT2D eigenvalue weighted by Crippen LogP contribution is 2.21. The van der Waals surface area contributed by atoms with E-state index in [4.69, 9.17) is 9.84 Å². The summed E-state index contributed by atoms with van der Waals surface area (Å²) in [5.41, 5.74) is 2.24. The summed E-state index contributed by atoms with van der Waals surface area (Å²) in [4.78, 5) is 13.5. The molecule has 0 saturated carbocycles. The number of hydrogen-bond acceptors (Lipinski definition) is 3. The molecular weight excluding hydrogens is 242 g/mol. The van der Waals surface area contributed by atoms with E-state index in [1.54, 1.807) is 19.1 Å². The minimum atomic E-state index is 0.0398. The molecule has 0 aliphatic carbocycles. The van der Waals surface area contributed by atoms with E-state index in [0.717, 1.165) is 17.7 Å². The van der Waals surface area contributed by atoms with Crippen LogP contribution in [0.5, 0.6) is 5.75 Å². The molecule has 1 rings (SSSR count). The van der Waals surface area contributed by atoms with Crippen LogP contribution in [0, 0.1) is 0 Å². The molecule has 0 heterocycles. The van der Waals surface area contributed by atoms with Crippen LogP contribution in [0.15, 0.2) is 18.2 Å². The molecule has 0 bridgehead atoms. The average molecular weight is 265 g/mol. The molecular formula is C15H23NO3. The van der Waals surface area contributed by atoms with Crippen molar-refractivity contribution in [2.75, 3.05) is 20.8 Å². The first-order valence-corrected chi connectivity index (χ1v) is 6.63. The Morgan fingerprint density at radius 3 is 2.74 bits per heavy atom. The van der Waals surface area contributed by atoms with Gasteiger partial charge in [0.1, 0.15) is 5.75 Å². The molecule has 0 aliphatic heterocycles. The summed E-state index contributed by atoms with van der Waals surface area (Å²) in [6.07, 6.45) is 1.84. The molecule has 19 heavy (non-hydrogen) atoms. The average Bonchev–Trinajstić information content (AvgIpc) is 2.44. The predicted octanol–water partition coefficient (Wildman–Crippen LogP) is 1.99. The number of aliphatic hydroxyl groups is 1. The largest absolute Gasteiger partial charge is 0.496 e. The quantitative estimate of drug-likeness (QED) is 0.820. The Morgan fingerprint density at radius 1 is 1.42 bits per heavy atom. The van der Waals surface area contributed by atoms with Gasteiger partial charge in [-0.25, -0.2) is 0 Å². The summed E-state index contributed by atoms with van der Waals surface area (Å²) < 4.78 is 5.33. The lowest BCUT2D eigenvalue weighted by atomic mass is 10.1. The highest BCUT2D eigenvalue weighted by Gasteiger charge is 2.12. The van der Waals surface area contributed by atoms with Crippen molar-refractivity contribution in [3.05, 3.63) is 29.3 Å². The van der Waals surface area contributed by atoms with E-state index in [2.05, 4.69) is 13.0 Å². The Balaban J connectivity index is 2.76. The number of amides is 1. The number of hydrogen-bond donors (Lipinski definition) is 1. The maximum atomic E-state index is 11.8. The first kappa shape index (κ1) is 15.5. The van der Waals surface area contributed by atoms with Crippen molar-refractivity contribution in [1.29, 1.82) is 0 Å². The van der Waals surface area contributed by atoms with E-state index in [0.29, 0.717) is 19.4 Å². The van der Waals surface area contributed by atoms with Crippen molar-refractivity contribution >= 4 is 5.91 Å². The van der Waals surface area contributed by atoms with Crippen LogP contribution in [-0.4, -0.2) is 36.7 Å². The molecule has 1 N–H and O–H groups in total. The Morgan fingerprint density at radius 2 is 2.16 bits per heavy atom. The van der Waals surface area contributed by atoms with Gasteiger partial charge in [-0.3, -0.25) is 4.79 Å². The van der Waals surface area contributed by atoms with Gasteiger partial charge in [0.15, 0.2) is 0 Å². The fraction of sp³-hybridized carbons (Fsp3) is 0.533. The zero-order valence-corrected chi connectivity index (χ0v) is 12.0. The number of aliphatic hydroxyl groups excluding tert-OH is 1. The first-order valence-electron chi connectivity index (χ1n) is 6.63. The highest BCUT2D eigenvalue weighted by atomic mass is 16.5. The standard InChI is InChI=1S/C15H23NO3/c1-4-12-7-8-14(19-3)13(10-12)11-16(2)15(18)6-5-9-17/h7-8,10,17H,4-6,9,11H2,1-3H3. The number of methoxy groups -OCH3 is 1. The lowest BCUT2D eigenvalue weighted by Crippen LogP contribution is -2.26. The molecule has 0 fully saturated rings. The van der Waals surface area contributed by atoms with Gasteiger partial charge in [-0.15, -0.1) is 0 Å². The molecule has 0 unspecified atom stereocenters. The molecule has 0 spiro atoms. The smallest absolute Gasteiger partial charge is 0.222 e. The van der Waals surface area contributed by atoms with Crippen molar-refractivity contribution in [3.8, 4) is 5.75 Å². The Labute approximate surface area is 115 Å². The molecule has 4 heteroatoms. The van der Waals surface area contributed by atoms with Crippen molar-refractivity contribution in [1.82, 2.24) is 4.90 Å². The van der Waals surface area contributed by atoms with Crippen molar-refractivity contribution in [2.24, 2.45) is 0 Å². The normalized spacial score (nSPS) is 10.3. The second-order valence-corrected chi connectivity index (χ2v) is 4.58. The summed E-state index contributed by atoms with van der Waals surface area (Å²) in [5, 5.41) is 8.75. The second-order valence-electron chi connectivity index (χ2n) is 4.58. The van der Waals surface area contributed by atoms with E-state index in [9.17, 15) is 4.79 Å². The Kier molecular flexibility index (Phi) is 6.36. The third kappa shape index (κ3) is 4.56. The molecule has 1 amide bonds. The summed E-state index contributed by atoms with van der Waals surface area (Å²) in [7, 11) is 3.41. The summed E-state index contributed by atoms with van der Waals surface area (Å²) in [5.74, 6) is 0.844. The van der Waals surface area contributed by atoms with Crippen molar-refractivity contribution in [2.45, 2.75) is 32.7 Å². The third-order valence-corrected chi connectivity index (χ3v) is 3.14. The van der Waals surface area contributed by atoms with Gasteiger partial charge in [0.25, 0.3) is 0 Å². The molecule has 0 saturated heterocycles. The maximum absolute atomic E-state index is 11.8. The van der Waals surface area contributed by atoms with Crippen LogP contribution in [0.2, 0.25) is 0 Å².